The summed E-state index contributed by atoms with van der Waals surface area (Å²) >= 11 is 6.43. The van der Waals surface area contributed by atoms with Crippen molar-refractivity contribution < 1.29 is 29.2 Å². The zero-order valence-corrected chi connectivity index (χ0v) is 21.1. The van der Waals surface area contributed by atoms with Crippen LogP contribution in [-0.4, -0.2) is 72.1 Å². The Hall–Kier alpha value is -2.41. The van der Waals surface area contributed by atoms with Crippen LogP contribution >= 0.6 is 11.6 Å². The largest absolute Gasteiger partial charge is 0.394 e. The predicted octanol–water partition coefficient (Wildman–Crippen LogP) is 2.74. The number of halogens is 2. The van der Waals surface area contributed by atoms with E-state index in [0.29, 0.717) is 29.0 Å². The molecule has 5 rings (SSSR count). The molecule has 3 aromatic rings. The monoisotopic (exact) mass is 521 g/mol. The number of fused-ring (bicyclic) bond motifs is 3. The maximum absolute atomic E-state index is 15.3. The topological polar surface area (TPSA) is 135 Å². The summed E-state index contributed by atoms with van der Waals surface area (Å²) in [5, 5.41) is 34.0. The molecule has 2 saturated heterocycles. The van der Waals surface area contributed by atoms with Crippen molar-refractivity contribution in [3.8, 4) is 11.3 Å². The van der Waals surface area contributed by atoms with E-state index in [2.05, 4.69) is 20.3 Å². The molecule has 0 radical (unpaired) electrons. The van der Waals surface area contributed by atoms with Gasteiger partial charge in [-0.2, -0.15) is 0 Å². The summed E-state index contributed by atoms with van der Waals surface area (Å²) in [6.07, 6.45) is -0.960. The zero-order chi connectivity index (χ0) is 25.9. The number of imidazole rings is 1. The number of hydrogen-bond acceptors (Lipinski definition) is 9. The van der Waals surface area contributed by atoms with E-state index in [1.165, 1.54) is 12.3 Å². The van der Waals surface area contributed by atoms with Crippen LogP contribution in [-0.2, 0) is 15.1 Å². The van der Waals surface area contributed by atoms with Crippen molar-refractivity contribution in [2.45, 2.75) is 76.4 Å². The first-order chi connectivity index (χ1) is 17.0. The van der Waals surface area contributed by atoms with Gasteiger partial charge in [0, 0.05) is 11.6 Å². The Bertz CT molecular complexity index is 1300. The third-order valence-electron chi connectivity index (χ3n) is 6.53. The molecule has 12 heteroatoms. The van der Waals surface area contributed by atoms with E-state index in [-0.39, 0.29) is 35.2 Å². The zero-order valence-electron chi connectivity index (χ0n) is 20.3. The molecule has 36 heavy (non-hydrogen) atoms. The number of nitrogens with one attached hydrogen (secondary N) is 1. The fourth-order valence-corrected chi connectivity index (χ4v) is 5.05. The number of aliphatic hydroxyl groups is 3. The van der Waals surface area contributed by atoms with E-state index in [1.54, 1.807) is 24.5 Å². The van der Waals surface area contributed by atoms with Gasteiger partial charge in [-0.1, -0.05) is 11.6 Å². The van der Waals surface area contributed by atoms with Crippen molar-refractivity contribution in [2.24, 2.45) is 0 Å². The molecule has 2 aliphatic heterocycles. The molecular weight excluding hydrogens is 493 g/mol. The lowest BCUT2D eigenvalue weighted by atomic mass is 9.99. The van der Waals surface area contributed by atoms with Crippen LogP contribution in [0.25, 0.3) is 22.3 Å². The molecule has 0 spiro atoms. The third-order valence-corrected chi connectivity index (χ3v) is 6.81. The van der Waals surface area contributed by atoms with E-state index in [9.17, 15) is 15.3 Å². The summed E-state index contributed by atoms with van der Waals surface area (Å²) in [7, 11) is 0. The molecule has 0 aliphatic carbocycles. The summed E-state index contributed by atoms with van der Waals surface area (Å²) in [5.74, 6) is -0.0261. The fraction of sp³-hybridized carbons (Fsp3) is 0.542. The summed E-state index contributed by atoms with van der Waals surface area (Å²) in [6, 6.07) is 2.45. The van der Waals surface area contributed by atoms with Gasteiger partial charge in [0.25, 0.3) is 0 Å². The fourth-order valence-electron chi connectivity index (χ4n) is 4.85. The van der Waals surface area contributed by atoms with Crippen molar-refractivity contribution in [3.63, 3.8) is 0 Å². The number of aliphatic hydroxyl groups excluding tert-OH is 2. The van der Waals surface area contributed by atoms with Crippen LogP contribution in [0.1, 0.15) is 46.0 Å². The maximum atomic E-state index is 15.3. The molecule has 5 atom stereocenters. The molecule has 1 aromatic carbocycles. The molecule has 0 saturated carbocycles. The average Bonchev–Trinajstić information content (AvgIpc) is 3.38. The number of hydrogen-bond donors (Lipinski definition) is 4. The normalized spacial score (nSPS) is 26.2. The minimum atomic E-state index is -1.28. The molecule has 2 aromatic heterocycles. The second-order valence-electron chi connectivity index (χ2n) is 10.1. The van der Waals surface area contributed by atoms with Crippen LogP contribution in [0.5, 0.6) is 0 Å². The van der Waals surface area contributed by atoms with Gasteiger partial charge in [-0.25, -0.2) is 19.3 Å². The van der Waals surface area contributed by atoms with E-state index in [1.807, 2.05) is 13.8 Å². The number of aromatic nitrogens is 4. The second kappa shape index (κ2) is 9.16. The van der Waals surface area contributed by atoms with Crippen LogP contribution in [0.3, 0.4) is 0 Å². The highest BCUT2D eigenvalue weighted by molar-refractivity contribution is 6.33. The quantitative estimate of drug-likeness (QED) is 0.386. The Morgan fingerprint density at radius 2 is 2.03 bits per heavy atom. The Kier molecular flexibility index (Phi) is 6.42. The SMILES string of the molecule is CC(C)n1c(C(C)(C)O)nc2c(F)cc(-c3nc(NC4C[C@@H]5O[C@@H](O[C@H]5CO)[C@H]4O)ncc3Cl)cc21. The molecule has 4 heterocycles. The van der Waals surface area contributed by atoms with Gasteiger partial charge in [-0.15, -0.1) is 0 Å². The molecule has 1 unspecified atom stereocenters. The summed E-state index contributed by atoms with van der Waals surface area (Å²) < 4.78 is 28.2. The van der Waals surface area contributed by atoms with E-state index < -0.39 is 36.0 Å². The second-order valence-corrected chi connectivity index (χ2v) is 10.5. The smallest absolute Gasteiger partial charge is 0.223 e. The average molecular weight is 522 g/mol. The van der Waals surface area contributed by atoms with Crippen LogP contribution in [0, 0.1) is 5.82 Å². The van der Waals surface area contributed by atoms with Crippen molar-refractivity contribution in [1.29, 1.82) is 0 Å². The van der Waals surface area contributed by atoms with Gasteiger partial charge in [-0.3, -0.25) is 0 Å². The number of benzene rings is 1. The van der Waals surface area contributed by atoms with Crippen LogP contribution in [0.4, 0.5) is 10.3 Å². The lowest BCUT2D eigenvalue weighted by molar-refractivity contribution is -0.161. The number of rotatable bonds is 6. The van der Waals surface area contributed by atoms with Gasteiger partial charge in [0.05, 0.1) is 41.2 Å². The van der Waals surface area contributed by atoms with Gasteiger partial charge < -0.3 is 34.7 Å². The Labute approximate surface area is 212 Å². The molecule has 2 bridgehead atoms. The van der Waals surface area contributed by atoms with Gasteiger partial charge in [-0.05, 0) is 46.2 Å². The van der Waals surface area contributed by atoms with Gasteiger partial charge in [0.1, 0.15) is 29.2 Å². The van der Waals surface area contributed by atoms with E-state index in [4.69, 9.17) is 21.1 Å². The highest BCUT2D eigenvalue weighted by Crippen LogP contribution is 2.36. The highest BCUT2D eigenvalue weighted by atomic mass is 35.5. The first-order valence-corrected chi connectivity index (χ1v) is 12.2. The lowest BCUT2D eigenvalue weighted by Gasteiger charge is -2.32. The van der Waals surface area contributed by atoms with Crippen molar-refractivity contribution in [1.82, 2.24) is 19.5 Å². The number of anilines is 1. The minimum absolute atomic E-state index is 0.0977. The summed E-state index contributed by atoms with van der Waals surface area (Å²) in [6.45, 7) is 6.86. The van der Waals surface area contributed by atoms with E-state index >= 15 is 4.39 Å². The Morgan fingerprint density at radius 3 is 2.69 bits per heavy atom. The highest BCUT2D eigenvalue weighted by Gasteiger charge is 2.48. The third kappa shape index (κ3) is 4.33. The molecule has 194 valence electrons. The Balaban J connectivity index is 1.52. The predicted molar refractivity (Wildman–Crippen MR) is 130 cm³/mol. The van der Waals surface area contributed by atoms with Crippen molar-refractivity contribution in [2.75, 3.05) is 11.9 Å². The van der Waals surface area contributed by atoms with Gasteiger partial charge in [0.2, 0.25) is 5.95 Å². The number of nitrogens with zero attached hydrogens (tertiary/aromatic N) is 4. The molecule has 2 aliphatic rings. The van der Waals surface area contributed by atoms with E-state index in [0.717, 1.165) is 0 Å². The van der Waals surface area contributed by atoms with Gasteiger partial charge in [0.15, 0.2) is 12.1 Å². The van der Waals surface area contributed by atoms with Gasteiger partial charge >= 0.3 is 0 Å². The van der Waals surface area contributed by atoms with Crippen molar-refractivity contribution >= 4 is 28.6 Å². The summed E-state index contributed by atoms with van der Waals surface area (Å²) in [4.78, 5) is 13.1. The molecule has 2 fully saturated rings. The molecule has 0 amide bonds. The van der Waals surface area contributed by atoms with Crippen molar-refractivity contribution in [3.05, 3.63) is 35.0 Å². The number of ether oxygens (including phenoxy) is 2. The van der Waals surface area contributed by atoms with Crippen LogP contribution in [0.15, 0.2) is 18.3 Å². The Morgan fingerprint density at radius 1 is 1.28 bits per heavy atom. The first-order valence-electron chi connectivity index (χ1n) is 11.8. The van der Waals surface area contributed by atoms with Crippen LogP contribution in [0.2, 0.25) is 5.02 Å². The minimum Gasteiger partial charge on any atom is -0.394 e. The maximum Gasteiger partial charge on any atom is 0.223 e. The molecule has 4 N–H and O–H groups in total. The lowest BCUT2D eigenvalue weighted by Crippen LogP contribution is -2.48. The molecular formula is C24H29ClFN5O5. The van der Waals surface area contributed by atoms with Crippen LogP contribution < -0.4 is 5.32 Å². The standard InChI is InChI=1S/C24H29ClFN5O5/c1-10(2)31-15-6-11(5-13(26)19(15)29-22(31)24(3,4)34)18-12(25)8-27-23(30-18)28-14-7-16-17(9-32)36-21(35-16)20(14)33/h5-6,8,10,14,16-17,20-21,32-34H,7,9H2,1-4H3,(H,27,28,30)/t14?,16-,17-,20-,21-/m0/s1. The molecule has 10 nitrogen and oxygen atoms in total. The first kappa shape index (κ1) is 25.2. The summed E-state index contributed by atoms with van der Waals surface area (Å²) in [5.41, 5.74) is 0.0841.